The minimum Gasteiger partial charge on any atom is -0.493 e. The summed E-state index contributed by atoms with van der Waals surface area (Å²) >= 11 is 0. The Morgan fingerprint density at radius 2 is 1.57 bits per heavy atom. The van der Waals surface area contributed by atoms with Crippen LogP contribution in [0.2, 0.25) is 0 Å². The van der Waals surface area contributed by atoms with Gasteiger partial charge in [-0.25, -0.2) is 0 Å². The van der Waals surface area contributed by atoms with E-state index in [1.54, 1.807) is 14.2 Å². The van der Waals surface area contributed by atoms with Crippen molar-refractivity contribution in [3.63, 3.8) is 0 Å². The van der Waals surface area contributed by atoms with Gasteiger partial charge in [0.05, 0.1) is 20.3 Å². The Labute approximate surface area is 125 Å². The second kappa shape index (κ2) is 6.99. The summed E-state index contributed by atoms with van der Waals surface area (Å²) in [7, 11) is 3.22. The van der Waals surface area contributed by atoms with Crippen molar-refractivity contribution in [1.29, 1.82) is 0 Å². The first-order valence-electron chi connectivity index (χ1n) is 6.81. The molecule has 0 spiro atoms. The zero-order valence-corrected chi connectivity index (χ0v) is 12.6. The SMILES string of the molecule is COc1cc(C)cc(OC)c1OCC(N)c1ccccc1. The lowest BCUT2D eigenvalue weighted by molar-refractivity contribution is 0.257. The van der Waals surface area contributed by atoms with Crippen molar-refractivity contribution in [2.24, 2.45) is 5.73 Å². The summed E-state index contributed by atoms with van der Waals surface area (Å²) in [6.45, 7) is 2.32. The molecule has 0 fully saturated rings. The Morgan fingerprint density at radius 3 is 2.10 bits per heavy atom. The van der Waals surface area contributed by atoms with Gasteiger partial charge in [-0.05, 0) is 30.2 Å². The van der Waals surface area contributed by atoms with Crippen molar-refractivity contribution in [3.8, 4) is 17.2 Å². The lowest BCUT2D eigenvalue weighted by Gasteiger charge is -2.18. The second-order valence-corrected chi connectivity index (χ2v) is 4.83. The Kier molecular flexibility index (Phi) is 5.06. The molecular formula is C17H21NO3. The van der Waals surface area contributed by atoms with Gasteiger partial charge in [0.2, 0.25) is 5.75 Å². The standard InChI is InChI=1S/C17H21NO3/c1-12-9-15(19-2)17(16(10-12)20-3)21-11-14(18)13-7-5-4-6-8-13/h4-10,14H,11,18H2,1-3H3. The molecule has 0 aliphatic heterocycles. The average Bonchev–Trinajstić information content (AvgIpc) is 2.53. The summed E-state index contributed by atoms with van der Waals surface area (Å²) in [5.74, 6) is 1.87. The van der Waals surface area contributed by atoms with Crippen LogP contribution in [0, 0.1) is 6.92 Å². The fourth-order valence-electron chi connectivity index (χ4n) is 2.12. The van der Waals surface area contributed by atoms with Gasteiger partial charge < -0.3 is 19.9 Å². The molecule has 1 atom stereocenters. The van der Waals surface area contributed by atoms with E-state index in [-0.39, 0.29) is 6.04 Å². The van der Waals surface area contributed by atoms with Gasteiger partial charge >= 0.3 is 0 Å². The highest BCUT2D eigenvalue weighted by Crippen LogP contribution is 2.38. The normalized spacial score (nSPS) is 11.8. The summed E-state index contributed by atoms with van der Waals surface area (Å²) in [5, 5.41) is 0. The van der Waals surface area contributed by atoms with E-state index >= 15 is 0 Å². The predicted octanol–water partition coefficient (Wildman–Crippen LogP) is 3.09. The molecule has 0 aliphatic carbocycles. The molecule has 0 saturated carbocycles. The number of benzene rings is 2. The van der Waals surface area contributed by atoms with E-state index < -0.39 is 0 Å². The number of methoxy groups -OCH3 is 2. The number of hydrogen-bond acceptors (Lipinski definition) is 4. The first-order chi connectivity index (χ1) is 10.2. The molecule has 112 valence electrons. The van der Waals surface area contributed by atoms with Crippen LogP contribution in [0.1, 0.15) is 17.2 Å². The van der Waals surface area contributed by atoms with Gasteiger partial charge in [-0.1, -0.05) is 30.3 Å². The van der Waals surface area contributed by atoms with E-state index in [9.17, 15) is 0 Å². The summed E-state index contributed by atoms with van der Waals surface area (Å²) in [6, 6.07) is 13.5. The second-order valence-electron chi connectivity index (χ2n) is 4.83. The van der Waals surface area contributed by atoms with E-state index in [0.717, 1.165) is 11.1 Å². The van der Waals surface area contributed by atoms with Crippen molar-refractivity contribution in [2.45, 2.75) is 13.0 Å². The van der Waals surface area contributed by atoms with Gasteiger partial charge in [0.15, 0.2) is 11.5 Å². The molecule has 4 nitrogen and oxygen atoms in total. The van der Waals surface area contributed by atoms with Crippen LogP contribution in [0.4, 0.5) is 0 Å². The first-order valence-corrected chi connectivity index (χ1v) is 6.81. The topological polar surface area (TPSA) is 53.7 Å². The fourth-order valence-corrected chi connectivity index (χ4v) is 2.12. The lowest BCUT2D eigenvalue weighted by atomic mass is 10.1. The first kappa shape index (κ1) is 15.2. The molecule has 1 unspecified atom stereocenters. The smallest absolute Gasteiger partial charge is 0.203 e. The summed E-state index contributed by atoms with van der Waals surface area (Å²) < 4.78 is 16.6. The average molecular weight is 287 g/mol. The number of hydrogen-bond donors (Lipinski definition) is 1. The van der Waals surface area contributed by atoms with Crippen molar-refractivity contribution in [3.05, 3.63) is 53.6 Å². The van der Waals surface area contributed by atoms with Gasteiger partial charge in [0.25, 0.3) is 0 Å². The molecule has 0 aliphatic rings. The van der Waals surface area contributed by atoms with Crippen LogP contribution in [0.25, 0.3) is 0 Å². The molecule has 21 heavy (non-hydrogen) atoms. The quantitative estimate of drug-likeness (QED) is 0.887. The minimum atomic E-state index is -0.207. The molecule has 0 saturated heterocycles. The molecule has 2 N–H and O–H groups in total. The van der Waals surface area contributed by atoms with Crippen LogP contribution < -0.4 is 19.9 Å². The molecule has 0 amide bonds. The summed E-state index contributed by atoms with van der Waals surface area (Å²) in [5.41, 5.74) is 8.22. The van der Waals surface area contributed by atoms with Crippen LogP contribution in [0.15, 0.2) is 42.5 Å². The zero-order chi connectivity index (χ0) is 15.2. The minimum absolute atomic E-state index is 0.207. The maximum atomic E-state index is 6.15. The van der Waals surface area contributed by atoms with Gasteiger partial charge in [0, 0.05) is 0 Å². The third-order valence-electron chi connectivity index (χ3n) is 3.24. The predicted molar refractivity (Wildman–Crippen MR) is 83.1 cm³/mol. The van der Waals surface area contributed by atoms with Gasteiger partial charge in [-0.15, -0.1) is 0 Å². The monoisotopic (exact) mass is 287 g/mol. The van der Waals surface area contributed by atoms with E-state index in [1.807, 2.05) is 49.4 Å². The zero-order valence-electron chi connectivity index (χ0n) is 12.6. The maximum absolute atomic E-state index is 6.15. The van der Waals surface area contributed by atoms with E-state index in [4.69, 9.17) is 19.9 Å². The van der Waals surface area contributed by atoms with Gasteiger partial charge in [0.1, 0.15) is 6.61 Å². The summed E-state index contributed by atoms with van der Waals surface area (Å²) in [4.78, 5) is 0. The number of aryl methyl sites for hydroxylation is 1. The molecule has 4 heteroatoms. The molecule has 0 radical (unpaired) electrons. The van der Waals surface area contributed by atoms with Crippen LogP contribution in [0.3, 0.4) is 0 Å². The highest BCUT2D eigenvalue weighted by molar-refractivity contribution is 5.53. The molecule has 2 aromatic rings. The number of nitrogens with two attached hydrogens (primary N) is 1. The molecular weight excluding hydrogens is 266 g/mol. The largest absolute Gasteiger partial charge is 0.493 e. The fraction of sp³-hybridized carbons (Fsp3) is 0.294. The number of ether oxygens (including phenoxy) is 3. The molecule has 0 aromatic heterocycles. The van der Waals surface area contributed by atoms with Crippen molar-refractivity contribution in [2.75, 3.05) is 20.8 Å². The molecule has 0 bridgehead atoms. The third kappa shape index (κ3) is 3.67. The van der Waals surface area contributed by atoms with Crippen molar-refractivity contribution >= 4 is 0 Å². The Morgan fingerprint density at radius 1 is 1.00 bits per heavy atom. The van der Waals surface area contributed by atoms with E-state index in [1.165, 1.54) is 0 Å². The van der Waals surface area contributed by atoms with Crippen LogP contribution in [-0.2, 0) is 0 Å². The highest BCUT2D eigenvalue weighted by Gasteiger charge is 2.15. The van der Waals surface area contributed by atoms with Crippen LogP contribution in [0.5, 0.6) is 17.2 Å². The maximum Gasteiger partial charge on any atom is 0.203 e. The molecule has 0 heterocycles. The Bertz CT molecular complexity index is 559. The van der Waals surface area contributed by atoms with Gasteiger partial charge in [-0.3, -0.25) is 0 Å². The Hall–Kier alpha value is -2.20. The number of rotatable bonds is 6. The van der Waals surface area contributed by atoms with Crippen molar-refractivity contribution in [1.82, 2.24) is 0 Å². The lowest BCUT2D eigenvalue weighted by Crippen LogP contribution is -2.19. The van der Waals surface area contributed by atoms with Crippen LogP contribution >= 0.6 is 0 Å². The highest BCUT2D eigenvalue weighted by atomic mass is 16.5. The van der Waals surface area contributed by atoms with Crippen molar-refractivity contribution < 1.29 is 14.2 Å². The van der Waals surface area contributed by atoms with Gasteiger partial charge in [-0.2, -0.15) is 0 Å². The van der Waals surface area contributed by atoms with E-state index in [0.29, 0.717) is 23.9 Å². The molecule has 2 rings (SSSR count). The third-order valence-corrected chi connectivity index (χ3v) is 3.24. The Balaban J connectivity index is 2.16. The van der Waals surface area contributed by atoms with E-state index in [2.05, 4.69) is 0 Å². The molecule has 2 aromatic carbocycles. The summed E-state index contributed by atoms with van der Waals surface area (Å²) in [6.07, 6.45) is 0. The van der Waals surface area contributed by atoms with Crippen LogP contribution in [-0.4, -0.2) is 20.8 Å².